The quantitative estimate of drug-likeness (QED) is 0.279. The van der Waals surface area contributed by atoms with E-state index in [4.69, 9.17) is 4.74 Å². The van der Waals surface area contributed by atoms with Crippen LogP contribution in [0.2, 0.25) is 0 Å². The molecular weight excluding hydrogens is 344 g/mol. The van der Waals surface area contributed by atoms with E-state index < -0.39 is 0 Å². The smallest absolute Gasteiger partial charge is 0.142 e. The van der Waals surface area contributed by atoms with Gasteiger partial charge in [0.2, 0.25) is 0 Å². The van der Waals surface area contributed by atoms with Gasteiger partial charge in [-0.3, -0.25) is 4.79 Å². The van der Waals surface area contributed by atoms with Crippen molar-refractivity contribution in [3.8, 4) is 5.75 Å². The first-order chi connectivity index (χ1) is 13.8. The highest BCUT2D eigenvalue weighted by Gasteiger charge is 2.13. The highest BCUT2D eigenvalue weighted by atomic mass is 16.5. The number of hydrogen-bond acceptors (Lipinski definition) is 2. The predicted molar refractivity (Wildman–Crippen MR) is 117 cm³/mol. The van der Waals surface area contributed by atoms with Crippen molar-refractivity contribution in [1.82, 2.24) is 0 Å². The van der Waals surface area contributed by atoms with Gasteiger partial charge in [-0.2, -0.15) is 0 Å². The molecule has 0 fully saturated rings. The standard InChI is InChI=1S/C26H24O2/c1-3-25(21-9-5-4-6-10-21)26(23-15-17-24(28-2)18-16-23)22-13-11-20(12-14-22)8-7-19-27/h4-19H,3H2,1-2H3/b8-7+,26-25-. The zero-order chi connectivity index (χ0) is 19.8. The van der Waals surface area contributed by atoms with Gasteiger partial charge in [-0.25, -0.2) is 0 Å². The Bertz CT molecular complexity index is 963. The van der Waals surface area contributed by atoms with Crippen LogP contribution in [0.15, 0.2) is 84.9 Å². The van der Waals surface area contributed by atoms with Crippen molar-refractivity contribution in [2.75, 3.05) is 7.11 Å². The second-order valence-electron chi connectivity index (χ2n) is 6.42. The van der Waals surface area contributed by atoms with Crippen LogP contribution in [0.25, 0.3) is 17.2 Å². The fourth-order valence-electron chi connectivity index (χ4n) is 3.35. The van der Waals surface area contributed by atoms with E-state index in [9.17, 15) is 4.79 Å². The second-order valence-corrected chi connectivity index (χ2v) is 6.42. The molecule has 0 spiro atoms. The molecule has 0 aliphatic rings. The maximum atomic E-state index is 10.6. The maximum absolute atomic E-state index is 10.6. The third-order valence-electron chi connectivity index (χ3n) is 4.72. The van der Waals surface area contributed by atoms with Crippen LogP contribution >= 0.6 is 0 Å². The minimum atomic E-state index is 0.793. The van der Waals surface area contributed by atoms with Crippen molar-refractivity contribution in [2.45, 2.75) is 13.3 Å². The zero-order valence-electron chi connectivity index (χ0n) is 16.3. The minimum Gasteiger partial charge on any atom is -0.497 e. The molecule has 2 heteroatoms. The van der Waals surface area contributed by atoms with Crippen LogP contribution in [0, 0.1) is 0 Å². The van der Waals surface area contributed by atoms with Crippen LogP contribution in [0.1, 0.15) is 35.6 Å². The number of benzene rings is 3. The first-order valence-electron chi connectivity index (χ1n) is 9.42. The first kappa shape index (κ1) is 19.4. The SMILES string of the molecule is CC/C(=C(\c1ccc(/C=C/C=O)cc1)c1ccc(OC)cc1)c1ccccc1. The molecule has 0 aliphatic heterocycles. The molecular formula is C26H24O2. The summed E-state index contributed by atoms with van der Waals surface area (Å²) in [6.07, 6.45) is 5.03. The van der Waals surface area contributed by atoms with Gasteiger partial charge in [0.15, 0.2) is 0 Å². The van der Waals surface area contributed by atoms with Crippen molar-refractivity contribution < 1.29 is 9.53 Å². The summed E-state index contributed by atoms with van der Waals surface area (Å²) in [4.78, 5) is 10.6. The van der Waals surface area contributed by atoms with Crippen LogP contribution in [-0.2, 0) is 4.79 Å². The molecule has 0 saturated heterocycles. The number of allylic oxidation sites excluding steroid dienone is 2. The topological polar surface area (TPSA) is 26.3 Å². The molecule has 28 heavy (non-hydrogen) atoms. The predicted octanol–water partition coefficient (Wildman–Crippen LogP) is 6.28. The van der Waals surface area contributed by atoms with E-state index in [0.29, 0.717) is 0 Å². The van der Waals surface area contributed by atoms with Crippen molar-refractivity contribution in [3.63, 3.8) is 0 Å². The van der Waals surface area contributed by atoms with Crippen LogP contribution in [0.5, 0.6) is 5.75 Å². The fourth-order valence-corrected chi connectivity index (χ4v) is 3.35. The Morgan fingerprint density at radius 1 is 0.821 bits per heavy atom. The third-order valence-corrected chi connectivity index (χ3v) is 4.72. The van der Waals surface area contributed by atoms with Gasteiger partial charge < -0.3 is 4.74 Å². The minimum absolute atomic E-state index is 0.793. The monoisotopic (exact) mass is 368 g/mol. The summed E-state index contributed by atoms with van der Waals surface area (Å²) in [7, 11) is 1.68. The summed E-state index contributed by atoms with van der Waals surface area (Å²) in [5, 5.41) is 0. The molecule has 3 rings (SSSR count). The molecule has 0 amide bonds. The van der Waals surface area contributed by atoms with Crippen LogP contribution in [0.4, 0.5) is 0 Å². The number of aldehydes is 1. The Kier molecular flexibility index (Phi) is 6.59. The molecule has 0 aliphatic carbocycles. The van der Waals surface area contributed by atoms with Gasteiger partial charge in [-0.15, -0.1) is 0 Å². The largest absolute Gasteiger partial charge is 0.497 e. The maximum Gasteiger partial charge on any atom is 0.142 e. The van der Waals surface area contributed by atoms with Gasteiger partial charge in [0, 0.05) is 0 Å². The van der Waals surface area contributed by atoms with Crippen LogP contribution < -0.4 is 4.74 Å². The van der Waals surface area contributed by atoms with E-state index in [1.165, 1.54) is 22.8 Å². The number of methoxy groups -OCH3 is 1. The molecule has 0 aromatic heterocycles. The zero-order valence-corrected chi connectivity index (χ0v) is 16.3. The van der Waals surface area contributed by atoms with E-state index in [-0.39, 0.29) is 0 Å². The van der Waals surface area contributed by atoms with Gasteiger partial charge in [0.25, 0.3) is 0 Å². The van der Waals surface area contributed by atoms with Gasteiger partial charge in [0.1, 0.15) is 12.0 Å². The van der Waals surface area contributed by atoms with Crippen LogP contribution in [0.3, 0.4) is 0 Å². The van der Waals surface area contributed by atoms with Gasteiger partial charge >= 0.3 is 0 Å². The third kappa shape index (κ3) is 4.47. The molecule has 0 heterocycles. The van der Waals surface area contributed by atoms with Crippen molar-refractivity contribution in [1.29, 1.82) is 0 Å². The lowest BCUT2D eigenvalue weighted by molar-refractivity contribution is -0.104. The fraction of sp³-hybridized carbons (Fsp3) is 0.115. The summed E-state index contributed by atoms with van der Waals surface area (Å²) >= 11 is 0. The molecule has 0 N–H and O–H groups in total. The molecule has 0 bridgehead atoms. The van der Waals surface area contributed by atoms with E-state index in [1.807, 2.05) is 36.4 Å². The molecule has 0 unspecified atom stereocenters. The number of carbonyl (C=O) groups is 1. The number of rotatable bonds is 7. The van der Waals surface area contributed by atoms with E-state index in [0.717, 1.165) is 35.1 Å². The van der Waals surface area contributed by atoms with E-state index in [2.05, 4.69) is 55.5 Å². The molecule has 3 aromatic carbocycles. The molecule has 0 atom stereocenters. The number of carbonyl (C=O) groups excluding carboxylic acids is 1. The Morgan fingerprint density at radius 2 is 1.43 bits per heavy atom. The lowest BCUT2D eigenvalue weighted by Gasteiger charge is -2.17. The van der Waals surface area contributed by atoms with Crippen molar-refractivity contribution in [2.24, 2.45) is 0 Å². The Labute approximate surface area is 166 Å². The Hall–Kier alpha value is -3.39. The van der Waals surface area contributed by atoms with E-state index in [1.54, 1.807) is 7.11 Å². The van der Waals surface area contributed by atoms with E-state index >= 15 is 0 Å². The Morgan fingerprint density at radius 3 is 1.96 bits per heavy atom. The summed E-state index contributed by atoms with van der Waals surface area (Å²) in [5.41, 5.74) is 7.03. The lowest BCUT2D eigenvalue weighted by Crippen LogP contribution is -1.95. The molecule has 140 valence electrons. The average molecular weight is 368 g/mol. The average Bonchev–Trinajstić information content (AvgIpc) is 2.77. The summed E-state index contributed by atoms with van der Waals surface area (Å²) in [5.74, 6) is 0.843. The van der Waals surface area contributed by atoms with Gasteiger partial charge in [-0.05, 0) is 58.0 Å². The van der Waals surface area contributed by atoms with Gasteiger partial charge in [0.05, 0.1) is 7.11 Å². The molecule has 2 nitrogen and oxygen atoms in total. The lowest BCUT2D eigenvalue weighted by atomic mass is 9.88. The molecule has 0 radical (unpaired) electrons. The van der Waals surface area contributed by atoms with Gasteiger partial charge in [-0.1, -0.05) is 79.7 Å². The normalized spacial score (nSPS) is 11.9. The summed E-state index contributed by atoms with van der Waals surface area (Å²) < 4.78 is 5.33. The van der Waals surface area contributed by atoms with Crippen LogP contribution in [-0.4, -0.2) is 13.4 Å². The molecule has 3 aromatic rings. The van der Waals surface area contributed by atoms with Crippen molar-refractivity contribution >= 4 is 23.5 Å². The second kappa shape index (κ2) is 9.52. The molecule has 0 saturated carbocycles. The summed E-state index contributed by atoms with van der Waals surface area (Å²) in [6, 6.07) is 27.0. The Balaban J connectivity index is 2.17. The van der Waals surface area contributed by atoms with Crippen molar-refractivity contribution in [3.05, 3.63) is 107 Å². The highest BCUT2D eigenvalue weighted by molar-refractivity contribution is 5.98. The number of hydrogen-bond donors (Lipinski definition) is 0. The highest BCUT2D eigenvalue weighted by Crippen LogP contribution is 2.35. The number of ether oxygens (including phenoxy) is 1. The summed E-state index contributed by atoms with van der Waals surface area (Å²) in [6.45, 7) is 2.19. The first-order valence-corrected chi connectivity index (χ1v) is 9.42.